The molecular weight excluding hydrogens is 214 g/mol. The first kappa shape index (κ1) is 13.3. The van der Waals surface area contributed by atoms with Crippen molar-refractivity contribution in [1.82, 2.24) is 5.32 Å². The van der Waals surface area contributed by atoms with Gasteiger partial charge < -0.3 is 10.1 Å². The zero-order chi connectivity index (χ0) is 12.7. The lowest BCUT2D eigenvalue weighted by molar-refractivity contribution is -0.120. The molecule has 1 rings (SSSR count). The van der Waals surface area contributed by atoms with Crippen LogP contribution in [-0.2, 0) is 11.2 Å². The largest absolute Gasteiger partial charge is 0.494 e. The van der Waals surface area contributed by atoms with Crippen LogP contribution in [0.2, 0.25) is 0 Å². The number of carbonyl (C=O) groups excluding carboxylic acids is 1. The fraction of sp³-hybridized carbons (Fsp3) is 0.357. The third-order valence-electron chi connectivity index (χ3n) is 2.19. The van der Waals surface area contributed by atoms with Crippen LogP contribution in [0, 0.1) is 0 Å². The topological polar surface area (TPSA) is 38.3 Å². The van der Waals surface area contributed by atoms with Crippen LogP contribution in [0.4, 0.5) is 0 Å². The van der Waals surface area contributed by atoms with Gasteiger partial charge in [0, 0.05) is 6.54 Å². The highest BCUT2D eigenvalue weighted by atomic mass is 16.5. The molecule has 0 aliphatic carbocycles. The van der Waals surface area contributed by atoms with Crippen LogP contribution in [0.25, 0.3) is 0 Å². The number of hydrogen-bond donors (Lipinski definition) is 1. The van der Waals surface area contributed by atoms with Gasteiger partial charge in [0.2, 0.25) is 5.91 Å². The second-order valence-corrected chi connectivity index (χ2v) is 3.99. The number of hydrogen-bond acceptors (Lipinski definition) is 2. The smallest absolute Gasteiger partial charge is 0.224 e. The van der Waals surface area contributed by atoms with E-state index in [-0.39, 0.29) is 5.91 Å². The molecule has 0 unspecified atom stereocenters. The van der Waals surface area contributed by atoms with E-state index < -0.39 is 0 Å². The van der Waals surface area contributed by atoms with Crippen LogP contribution in [0.15, 0.2) is 36.4 Å². The summed E-state index contributed by atoms with van der Waals surface area (Å²) in [4.78, 5) is 11.5. The summed E-state index contributed by atoms with van der Waals surface area (Å²) in [5.74, 6) is 0.843. The second-order valence-electron chi connectivity index (χ2n) is 3.99. The van der Waals surface area contributed by atoms with E-state index in [1.165, 1.54) is 0 Å². The molecule has 0 saturated carbocycles. The van der Waals surface area contributed by atoms with Crippen molar-refractivity contribution >= 4 is 5.91 Å². The molecule has 3 heteroatoms. The number of carbonyl (C=O) groups is 1. The van der Waals surface area contributed by atoms with Crippen molar-refractivity contribution in [3.8, 4) is 5.75 Å². The van der Waals surface area contributed by atoms with Crippen molar-refractivity contribution in [3.05, 3.63) is 42.0 Å². The molecule has 0 radical (unpaired) electrons. The van der Waals surface area contributed by atoms with Gasteiger partial charge in [0.15, 0.2) is 0 Å². The summed E-state index contributed by atoms with van der Waals surface area (Å²) in [5, 5.41) is 2.80. The van der Waals surface area contributed by atoms with Gasteiger partial charge in [-0.2, -0.15) is 0 Å². The summed E-state index contributed by atoms with van der Waals surface area (Å²) in [5.41, 5.74) is 1.93. The maximum Gasteiger partial charge on any atom is 0.224 e. The van der Waals surface area contributed by atoms with Crippen LogP contribution in [0.3, 0.4) is 0 Å². The summed E-state index contributed by atoms with van der Waals surface area (Å²) in [6.45, 7) is 8.75. The second kappa shape index (κ2) is 6.74. The Kier molecular flexibility index (Phi) is 5.27. The SMILES string of the molecule is C=C(C)CNC(=O)Cc1ccc(OCC)cc1. The summed E-state index contributed by atoms with van der Waals surface area (Å²) < 4.78 is 5.33. The average Bonchev–Trinajstić information content (AvgIpc) is 2.29. The van der Waals surface area contributed by atoms with Crippen molar-refractivity contribution in [2.75, 3.05) is 13.2 Å². The highest BCUT2D eigenvalue weighted by Crippen LogP contribution is 2.12. The summed E-state index contributed by atoms with van der Waals surface area (Å²) in [7, 11) is 0. The van der Waals surface area contributed by atoms with Gasteiger partial charge in [-0.1, -0.05) is 24.3 Å². The zero-order valence-electron chi connectivity index (χ0n) is 10.5. The average molecular weight is 233 g/mol. The van der Waals surface area contributed by atoms with Gasteiger partial charge in [-0.15, -0.1) is 0 Å². The van der Waals surface area contributed by atoms with E-state index in [1.54, 1.807) is 0 Å². The first-order chi connectivity index (χ1) is 8.11. The van der Waals surface area contributed by atoms with E-state index in [4.69, 9.17) is 4.74 Å². The van der Waals surface area contributed by atoms with Gasteiger partial charge in [0.25, 0.3) is 0 Å². The zero-order valence-corrected chi connectivity index (χ0v) is 10.5. The lowest BCUT2D eigenvalue weighted by Gasteiger charge is -2.06. The van der Waals surface area contributed by atoms with E-state index in [9.17, 15) is 4.79 Å². The molecule has 1 aromatic rings. The monoisotopic (exact) mass is 233 g/mol. The molecule has 17 heavy (non-hydrogen) atoms. The minimum absolute atomic E-state index is 0.0113. The Hall–Kier alpha value is -1.77. The van der Waals surface area contributed by atoms with E-state index in [0.717, 1.165) is 16.9 Å². The molecule has 1 amide bonds. The van der Waals surface area contributed by atoms with Gasteiger partial charge in [0.05, 0.1) is 13.0 Å². The molecular formula is C14H19NO2. The summed E-state index contributed by atoms with van der Waals surface area (Å²) in [6.07, 6.45) is 0.389. The fourth-order valence-electron chi connectivity index (χ4n) is 1.37. The molecule has 1 aromatic carbocycles. The van der Waals surface area contributed by atoms with Crippen molar-refractivity contribution in [2.24, 2.45) is 0 Å². The van der Waals surface area contributed by atoms with Crippen molar-refractivity contribution in [1.29, 1.82) is 0 Å². The normalized spacial score (nSPS) is 9.76. The Labute approximate surface area is 102 Å². The van der Waals surface area contributed by atoms with E-state index in [2.05, 4.69) is 11.9 Å². The van der Waals surface area contributed by atoms with Crippen LogP contribution < -0.4 is 10.1 Å². The molecule has 0 heterocycles. The number of nitrogens with one attached hydrogen (secondary N) is 1. The van der Waals surface area contributed by atoms with Crippen LogP contribution in [-0.4, -0.2) is 19.1 Å². The molecule has 0 saturated heterocycles. The first-order valence-electron chi connectivity index (χ1n) is 5.74. The number of ether oxygens (including phenoxy) is 1. The Morgan fingerprint density at radius 2 is 2.00 bits per heavy atom. The maximum absolute atomic E-state index is 11.5. The molecule has 0 bridgehead atoms. The molecule has 92 valence electrons. The number of amides is 1. The lowest BCUT2D eigenvalue weighted by atomic mass is 10.1. The van der Waals surface area contributed by atoms with E-state index in [1.807, 2.05) is 38.1 Å². The maximum atomic E-state index is 11.5. The first-order valence-corrected chi connectivity index (χ1v) is 5.74. The molecule has 0 aliphatic heterocycles. The van der Waals surface area contributed by atoms with E-state index >= 15 is 0 Å². The highest BCUT2D eigenvalue weighted by Gasteiger charge is 2.02. The van der Waals surface area contributed by atoms with Crippen LogP contribution in [0.5, 0.6) is 5.75 Å². The lowest BCUT2D eigenvalue weighted by Crippen LogP contribution is -2.26. The van der Waals surface area contributed by atoms with Gasteiger partial charge >= 0.3 is 0 Å². The van der Waals surface area contributed by atoms with Crippen LogP contribution >= 0.6 is 0 Å². The molecule has 1 N–H and O–H groups in total. The molecule has 0 fully saturated rings. The predicted octanol–water partition coefficient (Wildman–Crippen LogP) is 2.32. The Balaban J connectivity index is 2.45. The molecule has 3 nitrogen and oxygen atoms in total. The predicted molar refractivity (Wildman–Crippen MR) is 69.1 cm³/mol. The number of benzene rings is 1. The standard InChI is InChI=1S/C14H19NO2/c1-4-17-13-7-5-12(6-8-13)9-14(16)15-10-11(2)3/h5-8H,2,4,9-10H2,1,3H3,(H,15,16). The Morgan fingerprint density at radius 1 is 1.35 bits per heavy atom. The van der Waals surface area contributed by atoms with Crippen molar-refractivity contribution in [2.45, 2.75) is 20.3 Å². The van der Waals surface area contributed by atoms with Gasteiger partial charge in [-0.25, -0.2) is 0 Å². The molecule has 0 atom stereocenters. The van der Waals surface area contributed by atoms with E-state index in [0.29, 0.717) is 19.6 Å². The van der Waals surface area contributed by atoms with Gasteiger partial charge in [0.1, 0.15) is 5.75 Å². The van der Waals surface area contributed by atoms with Crippen LogP contribution in [0.1, 0.15) is 19.4 Å². The van der Waals surface area contributed by atoms with Crippen molar-refractivity contribution in [3.63, 3.8) is 0 Å². The highest BCUT2D eigenvalue weighted by molar-refractivity contribution is 5.78. The van der Waals surface area contributed by atoms with Gasteiger partial charge in [-0.05, 0) is 31.5 Å². The quantitative estimate of drug-likeness (QED) is 0.766. The minimum Gasteiger partial charge on any atom is -0.494 e. The Morgan fingerprint density at radius 3 is 2.53 bits per heavy atom. The number of rotatable bonds is 6. The molecule has 0 aliphatic rings. The molecule has 0 spiro atoms. The summed E-state index contributed by atoms with van der Waals surface area (Å²) in [6, 6.07) is 7.58. The third kappa shape index (κ3) is 5.20. The fourth-order valence-corrected chi connectivity index (χ4v) is 1.37. The molecule has 0 aromatic heterocycles. The van der Waals surface area contributed by atoms with Crippen molar-refractivity contribution < 1.29 is 9.53 Å². The third-order valence-corrected chi connectivity index (χ3v) is 2.19. The summed E-state index contributed by atoms with van der Waals surface area (Å²) >= 11 is 0. The Bertz CT molecular complexity index is 382. The van der Waals surface area contributed by atoms with Gasteiger partial charge in [-0.3, -0.25) is 4.79 Å². The minimum atomic E-state index is 0.0113.